The molecule has 2 atom stereocenters. The summed E-state index contributed by atoms with van der Waals surface area (Å²) in [5.41, 5.74) is 2.69. The van der Waals surface area contributed by atoms with Crippen molar-refractivity contribution in [1.29, 1.82) is 0 Å². The summed E-state index contributed by atoms with van der Waals surface area (Å²) in [6, 6.07) is 19.7. The Morgan fingerprint density at radius 2 is 1.84 bits per heavy atom. The summed E-state index contributed by atoms with van der Waals surface area (Å²) in [5.74, 6) is 1.38. The van der Waals surface area contributed by atoms with Crippen LogP contribution in [-0.2, 0) is 22.6 Å². The van der Waals surface area contributed by atoms with Crippen LogP contribution in [-0.4, -0.2) is 56.6 Å². The highest BCUT2D eigenvalue weighted by molar-refractivity contribution is 5.89. The lowest BCUT2D eigenvalue weighted by molar-refractivity contribution is -0.763. The first-order chi connectivity index (χ1) is 21.4. The standard InChI is InChI=1S/C33H37N3O8/c1-24-10-4-3-5-13-28-29(35-24)14-9-17-30(28)42-23-27(21-34-18-19-41-32-16-7-6-15-31(32)40-2)44-33(37)26-12-8-11-25(20-26)22-43-36(38)39/h3-12,14-17,20,24,27,34-35H,13,18-19,21-23H2,1-2H3/b5-3-,10-4-. The molecule has 0 fully saturated rings. The van der Waals surface area contributed by atoms with Crippen molar-refractivity contribution < 1.29 is 33.7 Å². The Morgan fingerprint density at radius 1 is 1.05 bits per heavy atom. The first kappa shape index (κ1) is 31.9. The summed E-state index contributed by atoms with van der Waals surface area (Å²) in [4.78, 5) is 28.2. The quantitative estimate of drug-likeness (QED) is 0.104. The predicted molar refractivity (Wildman–Crippen MR) is 166 cm³/mol. The topological polar surface area (TPSA) is 130 Å². The Labute approximate surface area is 256 Å². The third-order valence-electron chi connectivity index (χ3n) is 6.66. The number of allylic oxidation sites excluding steroid dienone is 3. The Bertz CT molecular complexity index is 1460. The summed E-state index contributed by atoms with van der Waals surface area (Å²) in [5, 5.41) is 16.5. The molecule has 0 bridgehead atoms. The number of para-hydroxylation sites is 2. The molecule has 0 amide bonds. The molecule has 1 heterocycles. The van der Waals surface area contributed by atoms with E-state index < -0.39 is 17.2 Å². The number of carbonyl (C=O) groups is 1. The molecule has 11 nitrogen and oxygen atoms in total. The monoisotopic (exact) mass is 603 g/mol. The molecule has 2 unspecified atom stereocenters. The molecule has 4 rings (SSSR count). The molecule has 0 aromatic heterocycles. The van der Waals surface area contributed by atoms with E-state index in [4.69, 9.17) is 18.9 Å². The van der Waals surface area contributed by atoms with Crippen molar-refractivity contribution in [2.24, 2.45) is 0 Å². The normalized spacial score (nSPS) is 16.0. The van der Waals surface area contributed by atoms with Gasteiger partial charge in [-0.2, -0.15) is 0 Å². The third kappa shape index (κ3) is 9.77. The largest absolute Gasteiger partial charge is 0.493 e. The highest BCUT2D eigenvalue weighted by Crippen LogP contribution is 2.29. The Morgan fingerprint density at radius 3 is 2.66 bits per heavy atom. The van der Waals surface area contributed by atoms with Crippen LogP contribution in [0.4, 0.5) is 5.69 Å². The second kappa shape index (κ2) is 16.6. The molecule has 0 aliphatic carbocycles. The molecular formula is C33H37N3O8. The summed E-state index contributed by atoms with van der Waals surface area (Å²) in [7, 11) is 1.59. The zero-order chi connectivity index (χ0) is 31.1. The van der Waals surface area contributed by atoms with Crippen molar-refractivity contribution in [3.8, 4) is 17.2 Å². The van der Waals surface area contributed by atoms with Gasteiger partial charge in [-0.25, -0.2) is 4.79 Å². The van der Waals surface area contributed by atoms with Crippen molar-refractivity contribution in [2.75, 3.05) is 38.7 Å². The fourth-order valence-electron chi connectivity index (χ4n) is 4.52. The second-order valence-corrected chi connectivity index (χ2v) is 9.97. The van der Waals surface area contributed by atoms with Crippen LogP contribution in [0.5, 0.6) is 17.2 Å². The molecular weight excluding hydrogens is 566 g/mol. The molecule has 232 valence electrons. The van der Waals surface area contributed by atoms with Gasteiger partial charge < -0.3 is 34.4 Å². The summed E-state index contributed by atoms with van der Waals surface area (Å²) in [6.45, 7) is 3.01. The van der Waals surface area contributed by atoms with Crippen molar-refractivity contribution in [3.05, 3.63) is 118 Å². The number of ether oxygens (including phenoxy) is 4. The van der Waals surface area contributed by atoms with E-state index in [1.54, 1.807) is 25.3 Å². The van der Waals surface area contributed by atoms with Crippen LogP contribution in [0.15, 0.2) is 91.0 Å². The number of rotatable bonds is 15. The Balaban J connectivity index is 1.43. The van der Waals surface area contributed by atoms with Gasteiger partial charge in [-0.3, -0.25) is 0 Å². The van der Waals surface area contributed by atoms with Crippen molar-refractivity contribution >= 4 is 11.7 Å². The molecule has 1 aliphatic heterocycles. The van der Waals surface area contributed by atoms with Crippen LogP contribution < -0.4 is 24.8 Å². The fraction of sp³-hybridized carbons (Fsp3) is 0.303. The Kier molecular flexibility index (Phi) is 12.0. The van der Waals surface area contributed by atoms with E-state index in [1.807, 2.05) is 54.6 Å². The first-order valence-electron chi connectivity index (χ1n) is 14.3. The number of anilines is 1. The van der Waals surface area contributed by atoms with Gasteiger partial charge in [0.1, 0.15) is 31.7 Å². The zero-order valence-electron chi connectivity index (χ0n) is 24.8. The SMILES string of the molecule is COc1ccccc1OCCNCC(COc1cccc2c1C/C=C\C=C/C(C)N2)OC(=O)c1cccc(CO[N+](=O)[O-])c1. The number of fused-ring (bicyclic) bond motifs is 1. The van der Waals surface area contributed by atoms with E-state index in [9.17, 15) is 14.9 Å². The molecule has 0 saturated carbocycles. The number of methoxy groups -OCH3 is 1. The van der Waals surface area contributed by atoms with Gasteiger partial charge >= 0.3 is 5.97 Å². The minimum absolute atomic E-state index is 0.0875. The molecule has 44 heavy (non-hydrogen) atoms. The predicted octanol–water partition coefficient (Wildman–Crippen LogP) is 5.15. The molecule has 11 heteroatoms. The van der Waals surface area contributed by atoms with Gasteiger partial charge in [0, 0.05) is 30.4 Å². The maximum absolute atomic E-state index is 13.1. The summed E-state index contributed by atoms with van der Waals surface area (Å²) >= 11 is 0. The second-order valence-electron chi connectivity index (χ2n) is 9.97. The van der Waals surface area contributed by atoms with E-state index in [1.165, 1.54) is 6.07 Å². The third-order valence-corrected chi connectivity index (χ3v) is 6.66. The van der Waals surface area contributed by atoms with Crippen LogP contribution in [0.25, 0.3) is 0 Å². The van der Waals surface area contributed by atoms with E-state index >= 15 is 0 Å². The van der Waals surface area contributed by atoms with Crippen LogP contribution in [0.2, 0.25) is 0 Å². The van der Waals surface area contributed by atoms with E-state index in [0.717, 1.165) is 11.3 Å². The zero-order valence-corrected chi connectivity index (χ0v) is 24.8. The number of carbonyl (C=O) groups excluding carboxylic acids is 1. The average Bonchev–Trinajstić information content (AvgIpc) is 3.12. The van der Waals surface area contributed by atoms with Gasteiger partial charge in [0.25, 0.3) is 5.09 Å². The summed E-state index contributed by atoms with van der Waals surface area (Å²) < 4.78 is 23.3. The minimum atomic E-state index is -0.877. The van der Waals surface area contributed by atoms with Gasteiger partial charge in [-0.1, -0.05) is 54.6 Å². The van der Waals surface area contributed by atoms with Crippen molar-refractivity contribution in [1.82, 2.24) is 5.32 Å². The number of nitrogens with zero attached hydrogens (tertiary/aromatic N) is 1. The van der Waals surface area contributed by atoms with Crippen molar-refractivity contribution in [3.63, 3.8) is 0 Å². The van der Waals surface area contributed by atoms with Gasteiger partial charge in [0.15, 0.2) is 11.5 Å². The number of nitrogens with one attached hydrogen (secondary N) is 2. The average molecular weight is 604 g/mol. The van der Waals surface area contributed by atoms with Crippen LogP contribution in [0.1, 0.15) is 28.4 Å². The smallest absolute Gasteiger partial charge is 0.338 e. The number of esters is 1. The number of hydrogen-bond acceptors (Lipinski definition) is 10. The lowest BCUT2D eigenvalue weighted by Gasteiger charge is -2.22. The van der Waals surface area contributed by atoms with Gasteiger partial charge in [-0.15, -0.1) is 10.1 Å². The molecule has 3 aromatic rings. The van der Waals surface area contributed by atoms with Gasteiger partial charge in [0.05, 0.1) is 12.7 Å². The molecule has 2 N–H and O–H groups in total. The lowest BCUT2D eigenvalue weighted by atomic mass is 10.1. The maximum atomic E-state index is 13.1. The molecule has 0 spiro atoms. The van der Waals surface area contributed by atoms with E-state index in [0.29, 0.717) is 48.9 Å². The van der Waals surface area contributed by atoms with E-state index in [2.05, 4.69) is 34.5 Å². The highest BCUT2D eigenvalue weighted by Gasteiger charge is 2.19. The molecule has 1 aliphatic rings. The highest BCUT2D eigenvalue weighted by atomic mass is 16.9. The van der Waals surface area contributed by atoms with Crippen LogP contribution >= 0.6 is 0 Å². The minimum Gasteiger partial charge on any atom is -0.493 e. The number of hydrogen-bond donors (Lipinski definition) is 2. The molecule has 0 saturated heterocycles. The lowest BCUT2D eigenvalue weighted by Crippen LogP contribution is -2.37. The molecule has 0 radical (unpaired) electrons. The fourth-order valence-corrected chi connectivity index (χ4v) is 4.52. The van der Waals surface area contributed by atoms with Crippen LogP contribution in [0, 0.1) is 10.1 Å². The van der Waals surface area contributed by atoms with Crippen molar-refractivity contribution in [2.45, 2.75) is 32.1 Å². The summed E-state index contributed by atoms with van der Waals surface area (Å²) in [6.07, 6.45) is 8.17. The molecule has 3 aromatic carbocycles. The number of benzene rings is 3. The maximum Gasteiger partial charge on any atom is 0.338 e. The van der Waals surface area contributed by atoms with E-state index in [-0.39, 0.29) is 24.8 Å². The van der Waals surface area contributed by atoms with Gasteiger partial charge in [0.2, 0.25) is 0 Å². The Hall–Kier alpha value is -5.03. The van der Waals surface area contributed by atoms with Crippen LogP contribution in [0.3, 0.4) is 0 Å². The van der Waals surface area contributed by atoms with Gasteiger partial charge in [-0.05, 0) is 55.3 Å². The first-order valence-corrected chi connectivity index (χ1v) is 14.3.